The molecule has 9 heteroatoms. The summed E-state index contributed by atoms with van der Waals surface area (Å²) in [5.74, 6) is -0.149. The minimum absolute atomic E-state index is 0.0718. The first-order valence-corrected chi connectivity index (χ1v) is 29.4. The van der Waals surface area contributed by atoms with Gasteiger partial charge in [-0.05, 0) is 70.6 Å². The number of nitrogens with zero attached hydrogens (tertiary/aromatic N) is 1. The number of phosphoric acid groups is 1. The van der Waals surface area contributed by atoms with Gasteiger partial charge in [0.2, 0.25) is 5.91 Å². The Kier molecular flexibility index (Phi) is 48.0. The van der Waals surface area contributed by atoms with Gasteiger partial charge >= 0.3 is 7.82 Å². The molecule has 0 aromatic carbocycles. The number of phosphoric ester groups is 1. The number of quaternary nitrogens is 1. The number of rotatable bonds is 50. The normalized spacial score (nSPS) is 14.6. The van der Waals surface area contributed by atoms with Gasteiger partial charge in [-0.25, -0.2) is 4.57 Å². The SMILES string of the molecule is CC/C=C\C/C=C\C/C=C\C/C=C\C/C=C\C/C=C\C/C=C\CCCCCCCCCCCCCCCC(=O)NC(COP(=O)(O)OCC[N+](C)(C)C)C(O)CCCCCCCCCCCCC. The highest BCUT2D eigenvalue weighted by molar-refractivity contribution is 7.47. The van der Waals surface area contributed by atoms with Crippen molar-refractivity contribution in [2.24, 2.45) is 0 Å². The van der Waals surface area contributed by atoms with Crippen molar-refractivity contribution in [1.29, 1.82) is 0 Å². The number of nitrogens with one attached hydrogen (secondary N) is 1. The number of aliphatic hydroxyl groups excluding tert-OH is 1. The molecule has 0 fully saturated rings. The van der Waals surface area contributed by atoms with Crippen LogP contribution < -0.4 is 5.32 Å². The number of aliphatic hydroxyl groups is 1. The maximum Gasteiger partial charge on any atom is 0.472 e. The van der Waals surface area contributed by atoms with Crippen LogP contribution in [0.1, 0.15) is 232 Å². The second-order valence-corrected chi connectivity index (χ2v) is 21.4. The fraction of sp³-hybridized carbons (Fsp3) is 0.746. The van der Waals surface area contributed by atoms with Gasteiger partial charge in [-0.15, -0.1) is 0 Å². The van der Waals surface area contributed by atoms with Crippen molar-refractivity contribution in [2.75, 3.05) is 40.9 Å². The molecule has 68 heavy (non-hydrogen) atoms. The Hall–Kier alpha value is -2.32. The lowest BCUT2D eigenvalue weighted by molar-refractivity contribution is -0.870. The van der Waals surface area contributed by atoms with Crippen molar-refractivity contribution in [3.05, 3.63) is 85.1 Å². The van der Waals surface area contributed by atoms with Gasteiger partial charge in [0.25, 0.3) is 0 Å². The Balaban J connectivity index is 4.02. The smallest absolute Gasteiger partial charge is 0.391 e. The first-order valence-electron chi connectivity index (χ1n) is 28.0. The van der Waals surface area contributed by atoms with Crippen molar-refractivity contribution >= 4 is 13.7 Å². The number of allylic oxidation sites excluding steroid dienone is 14. The number of unbranched alkanes of at least 4 members (excludes halogenated alkanes) is 23. The standard InChI is InChI=1S/C59H107N2O6P/c1-6-8-10-12-14-16-18-19-20-21-22-23-24-25-26-27-28-29-30-31-32-33-34-35-36-37-38-39-40-41-43-45-47-49-51-53-59(63)60-57(56-67-68(64,65)66-55-54-61(3,4)5)58(62)52-50-48-46-44-42-17-15-13-11-9-7-2/h8,10,14,16,19-20,22-23,25-26,28-29,31-32,57-58,62H,6-7,9,11-13,15,17-18,21,24,27,30,33-56H2,1-5H3,(H-,60,63,64,65)/p+1/b10-8-,16-14-,20-19-,23-22-,26-25-,29-28-,32-31-. The van der Waals surface area contributed by atoms with E-state index < -0.39 is 20.0 Å². The molecule has 394 valence electrons. The van der Waals surface area contributed by atoms with E-state index in [0.717, 1.165) is 83.5 Å². The summed E-state index contributed by atoms with van der Waals surface area (Å²) in [6.45, 7) is 4.76. The number of hydrogen-bond acceptors (Lipinski definition) is 5. The fourth-order valence-corrected chi connectivity index (χ4v) is 8.53. The number of likely N-dealkylation sites (N-methyl/N-ethyl adjacent to an activating group) is 1. The molecule has 0 spiro atoms. The predicted molar refractivity (Wildman–Crippen MR) is 295 cm³/mol. The molecule has 0 aromatic heterocycles. The van der Waals surface area contributed by atoms with Gasteiger partial charge in [0.05, 0.1) is 39.9 Å². The third-order valence-electron chi connectivity index (χ3n) is 12.2. The van der Waals surface area contributed by atoms with Gasteiger partial charge in [0.1, 0.15) is 13.2 Å². The van der Waals surface area contributed by atoms with Crippen LogP contribution in [0.2, 0.25) is 0 Å². The number of carbonyl (C=O) groups is 1. The average Bonchev–Trinajstić information content (AvgIpc) is 3.30. The summed E-state index contributed by atoms with van der Waals surface area (Å²) in [6, 6.07) is -0.764. The highest BCUT2D eigenvalue weighted by Crippen LogP contribution is 2.43. The van der Waals surface area contributed by atoms with Gasteiger partial charge < -0.3 is 19.8 Å². The summed E-state index contributed by atoms with van der Waals surface area (Å²) in [5, 5.41) is 14.0. The number of amides is 1. The van der Waals surface area contributed by atoms with Crippen molar-refractivity contribution in [3.63, 3.8) is 0 Å². The molecule has 0 aliphatic carbocycles. The van der Waals surface area contributed by atoms with E-state index in [-0.39, 0.29) is 19.1 Å². The molecule has 0 heterocycles. The molecular weight excluding hydrogens is 864 g/mol. The topological polar surface area (TPSA) is 105 Å². The molecule has 3 unspecified atom stereocenters. The zero-order chi connectivity index (χ0) is 49.9. The fourth-order valence-electron chi connectivity index (χ4n) is 7.79. The highest BCUT2D eigenvalue weighted by Gasteiger charge is 2.28. The Morgan fingerprint density at radius 1 is 0.515 bits per heavy atom. The minimum atomic E-state index is -4.32. The van der Waals surface area contributed by atoms with Crippen LogP contribution in [-0.2, 0) is 18.4 Å². The average molecular weight is 972 g/mol. The third kappa shape index (κ3) is 51.5. The van der Waals surface area contributed by atoms with Crippen LogP contribution in [0.5, 0.6) is 0 Å². The summed E-state index contributed by atoms with van der Waals surface area (Å²) < 4.78 is 23.7. The van der Waals surface area contributed by atoms with Gasteiger partial charge in [-0.2, -0.15) is 0 Å². The zero-order valence-corrected chi connectivity index (χ0v) is 45.7. The molecule has 0 bridgehead atoms. The van der Waals surface area contributed by atoms with E-state index in [1.165, 1.54) is 122 Å². The summed E-state index contributed by atoms with van der Waals surface area (Å²) in [6.07, 6.45) is 69.3. The van der Waals surface area contributed by atoms with Gasteiger partial charge in [-0.3, -0.25) is 13.8 Å². The van der Waals surface area contributed by atoms with Crippen LogP contribution in [0, 0.1) is 0 Å². The summed E-state index contributed by atoms with van der Waals surface area (Å²) in [5.41, 5.74) is 0. The highest BCUT2D eigenvalue weighted by atomic mass is 31.2. The van der Waals surface area contributed by atoms with Crippen LogP contribution in [0.25, 0.3) is 0 Å². The second kappa shape index (κ2) is 49.7. The van der Waals surface area contributed by atoms with Crippen molar-refractivity contribution in [2.45, 2.75) is 244 Å². The van der Waals surface area contributed by atoms with Gasteiger partial charge in [0, 0.05) is 6.42 Å². The first kappa shape index (κ1) is 65.7. The molecule has 0 saturated heterocycles. The molecule has 3 N–H and O–H groups in total. The van der Waals surface area contributed by atoms with Crippen LogP contribution in [-0.4, -0.2) is 73.4 Å². The minimum Gasteiger partial charge on any atom is -0.391 e. The Bertz CT molecular complexity index is 1380. The first-order chi connectivity index (χ1) is 33.0. The lowest BCUT2D eigenvalue weighted by Crippen LogP contribution is -2.46. The second-order valence-electron chi connectivity index (χ2n) is 19.9. The van der Waals surface area contributed by atoms with Crippen molar-refractivity contribution < 1.29 is 32.9 Å². The Labute approximate surface area is 420 Å². The zero-order valence-electron chi connectivity index (χ0n) is 44.8. The van der Waals surface area contributed by atoms with E-state index in [9.17, 15) is 19.4 Å². The number of carbonyl (C=O) groups excluding carboxylic acids is 1. The maximum atomic E-state index is 12.9. The number of hydrogen-bond donors (Lipinski definition) is 3. The van der Waals surface area contributed by atoms with E-state index >= 15 is 0 Å². The maximum absolute atomic E-state index is 12.9. The summed E-state index contributed by atoms with van der Waals surface area (Å²) in [4.78, 5) is 23.2. The van der Waals surface area contributed by atoms with Crippen LogP contribution >= 0.6 is 7.82 Å². The van der Waals surface area contributed by atoms with Gasteiger partial charge in [-0.1, -0.05) is 240 Å². The van der Waals surface area contributed by atoms with Crippen molar-refractivity contribution in [3.8, 4) is 0 Å². The molecule has 0 aliphatic heterocycles. The molecular formula is C59H108N2O6P+. The molecule has 1 amide bonds. The molecule has 0 saturated carbocycles. The monoisotopic (exact) mass is 972 g/mol. The molecule has 0 aliphatic rings. The third-order valence-corrected chi connectivity index (χ3v) is 13.1. The molecule has 0 radical (unpaired) electrons. The predicted octanol–water partition coefficient (Wildman–Crippen LogP) is 16.9. The van der Waals surface area contributed by atoms with Crippen LogP contribution in [0.3, 0.4) is 0 Å². The lowest BCUT2D eigenvalue weighted by atomic mass is 10.0. The van der Waals surface area contributed by atoms with E-state index in [1.807, 2.05) is 21.1 Å². The summed E-state index contributed by atoms with van der Waals surface area (Å²) >= 11 is 0. The van der Waals surface area contributed by atoms with E-state index in [1.54, 1.807) is 0 Å². The van der Waals surface area contributed by atoms with Crippen LogP contribution in [0.4, 0.5) is 0 Å². The molecule has 0 rings (SSSR count). The molecule has 0 aromatic rings. The largest absolute Gasteiger partial charge is 0.472 e. The molecule has 3 atom stereocenters. The van der Waals surface area contributed by atoms with Crippen LogP contribution in [0.15, 0.2) is 85.1 Å². The lowest BCUT2D eigenvalue weighted by Gasteiger charge is -2.26. The van der Waals surface area contributed by atoms with Crippen molar-refractivity contribution in [1.82, 2.24) is 5.32 Å². The van der Waals surface area contributed by atoms with E-state index in [0.29, 0.717) is 23.9 Å². The Morgan fingerprint density at radius 3 is 1.29 bits per heavy atom. The quantitative estimate of drug-likeness (QED) is 0.0243. The van der Waals surface area contributed by atoms with E-state index in [4.69, 9.17) is 9.05 Å². The van der Waals surface area contributed by atoms with Gasteiger partial charge in [0.15, 0.2) is 0 Å². The van der Waals surface area contributed by atoms with E-state index in [2.05, 4.69) is 104 Å². The summed E-state index contributed by atoms with van der Waals surface area (Å²) in [7, 11) is 1.61. The molecule has 8 nitrogen and oxygen atoms in total. The Morgan fingerprint density at radius 2 is 0.882 bits per heavy atom.